The maximum absolute atomic E-state index is 13.3. The first-order valence-corrected chi connectivity index (χ1v) is 12.1. The molecule has 1 N–H and O–H groups in total. The van der Waals surface area contributed by atoms with Gasteiger partial charge in [-0.1, -0.05) is 72.8 Å². The zero-order valence-corrected chi connectivity index (χ0v) is 18.3. The van der Waals surface area contributed by atoms with Gasteiger partial charge in [-0.25, -0.2) is 8.42 Å². The smallest absolute Gasteiger partial charge is 0.243 e. The van der Waals surface area contributed by atoms with E-state index < -0.39 is 16.1 Å². The molecule has 1 heterocycles. The quantitative estimate of drug-likeness (QED) is 0.638. The molecule has 3 aromatic carbocycles. The Labute approximate surface area is 183 Å². The number of hydrogen-bond acceptors (Lipinski definition) is 3. The molecule has 0 spiro atoms. The third kappa shape index (κ3) is 4.70. The van der Waals surface area contributed by atoms with E-state index in [0.29, 0.717) is 18.5 Å². The van der Waals surface area contributed by atoms with Crippen molar-refractivity contribution in [3.05, 3.63) is 101 Å². The van der Waals surface area contributed by atoms with E-state index in [1.54, 1.807) is 6.92 Å². The zero-order chi connectivity index (χ0) is 21.8. The Hall–Kier alpha value is -2.96. The fraction of sp³-hybridized carbons (Fsp3) is 0.240. The monoisotopic (exact) mass is 434 g/mol. The summed E-state index contributed by atoms with van der Waals surface area (Å²) in [5.41, 5.74) is 4.81. The lowest BCUT2D eigenvalue weighted by molar-refractivity contribution is -0.120. The summed E-state index contributed by atoms with van der Waals surface area (Å²) in [5, 5.41) is 3.01. The average Bonchev–Trinajstić information content (AvgIpc) is 2.80. The molecule has 4 rings (SSSR count). The molecule has 31 heavy (non-hydrogen) atoms. The van der Waals surface area contributed by atoms with Gasteiger partial charge >= 0.3 is 0 Å². The van der Waals surface area contributed by atoms with Crippen LogP contribution in [0.1, 0.15) is 29.2 Å². The van der Waals surface area contributed by atoms with Crippen LogP contribution >= 0.6 is 0 Å². The molecule has 3 aromatic rings. The SMILES string of the molecule is CCS(=O)(=O)N1Cc2ccccc2CC1C(=O)Nc1ccccc1Cc1ccccc1. The minimum absolute atomic E-state index is 0.0382. The van der Waals surface area contributed by atoms with Gasteiger partial charge in [-0.3, -0.25) is 4.79 Å². The Morgan fingerprint density at radius 1 is 0.935 bits per heavy atom. The van der Waals surface area contributed by atoms with Crippen LogP contribution in [0.5, 0.6) is 0 Å². The summed E-state index contributed by atoms with van der Waals surface area (Å²) in [4.78, 5) is 13.3. The third-order valence-corrected chi connectivity index (χ3v) is 7.57. The van der Waals surface area contributed by atoms with Crippen LogP contribution in [-0.2, 0) is 34.2 Å². The van der Waals surface area contributed by atoms with Gasteiger partial charge in [-0.15, -0.1) is 0 Å². The highest BCUT2D eigenvalue weighted by Crippen LogP contribution is 2.28. The van der Waals surface area contributed by atoms with Gasteiger partial charge in [-0.2, -0.15) is 4.31 Å². The van der Waals surface area contributed by atoms with Crippen molar-refractivity contribution in [2.45, 2.75) is 32.4 Å². The topological polar surface area (TPSA) is 66.5 Å². The Morgan fingerprint density at radius 3 is 2.32 bits per heavy atom. The number of benzene rings is 3. The molecule has 0 saturated heterocycles. The summed E-state index contributed by atoms with van der Waals surface area (Å²) in [6, 6.07) is 24.7. The first kappa shape index (κ1) is 21.3. The lowest BCUT2D eigenvalue weighted by Gasteiger charge is -2.35. The van der Waals surface area contributed by atoms with Gasteiger partial charge in [0.2, 0.25) is 15.9 Å². The van der Waals surface area contributed by atoms with E-state index in [-0.39, 0.29) is 18.2 Å². The Balaban J connectivity index is 1.61. The summed E-state index contributed by atoms with van der Waals surface area (Å²) in [6.45, 7) is 1.83. The van der Waals surface area contributed by atoms with E-state index in [1.165, 1.54) is 4.31 Å². The summed E-state index contributed by atoms with van der Waals surface area (Å²) in [6.07, 6.45) is 1.05. The van der Waals surface area contributed by atoms with E-state index in [9.17, 15) is 13.2 Å². The predicted molar refractivity (Wildman–Crippen MR) is 123 cm³/mol. The molecule has 0 aliphatic carbocycles. The van der Waals surface area contributed by atoms with Gasteiger partial charge in [0.25, 0.3) is 0 Å². The fourth-order valence-electron chi connectivity index (χ4n) is 4.01. The van der Waals surface area contributed by atoms with Crippen LogP contribution in [0.2, 0.25) is 0 Å². The minimum atomic E-state index is -3.54. The number of carbonyl (C=O) groups excluding carboxylic acids is 1. The number of rotatable bonds is 6. The number of nitrogens with one attached hydrogen (secondary N) is 1. The molecular weight excluding hydrogens is 408 g/mol. The van der Waals surface area contributed by atoms with Crippen molar-refractivity contribution in [2.24, 2.45) is 0 Å². The van der Waals surface area contributed by atoms with Crippen molar-refractivity contribution in [3.63, 3.8) is 0 Å². The van der Waals surface area contributed by atoms with E-state index in [4.69, 9.17) is 0 Å². The van der Waals surface area contributed by atoms with Crippen LogP contribution in [-0.4, -0.2) is 30.4 Å². The lowest BCUT2D eigenvalue weighted by Crippen LogP contribution is -2.51. The molecule has 0 radical (unpaired) electrons. The van der Waals surface area contributed by atoms with Gasteiger partial charge in [0.1, 0.15) is 6.04 Å². The third-order valence-electron chi connectivity index (χ3n) is 5.74. The van der Waals surface area contributed by atoms with E-state index in [1.807, 2.05) is 78.9 Å². The van der Waals surface area contributed by atoms with Crippen LogP contribution in [0.25, 0.3) is 0 Å². The number of hydrogen-bond donors (Lipinski definition) is 1. The number of fused-ring (bicyclic) bond motifs is 1. The standard InChI is InChI=1S/C25H26N2O3S/c1-2-31(29,30)27-18-22-14-7-6-12-20(22)17-24(27)25(28)26-23-15-9-8-13-21(23)16-19-10-4-3-5-11-19/h3-15,24H,2,16-18H2,1H3,(H,26,28). The normalized spacial score (nSPS) is 16.5. The average molecular weight is 435 g/mol. The summed E-state index contributed by atoms with van der Waals surface area (Å²) in [5.74, 6) is -0.337. The Morgan fingerprint density at radius 2 is 1.58 bits per heavy atom. The summed E-state index contributed by atoms with van der Waals surface area (Å²) >= 11 is 0. The molecule has 0 saturated carbocycles. The van der Waals surface area contributed by atoms with Gasteiger partial charge in [0, 0.05) is 12.2 Å². The number of nitrogens with zero attached hydrogens (tertiary/aromatic N) is 1. The highest BCUT2D eigenvalue weighted by atomic mass is 32.2. The molecule has 1 amide bonds. The lowest BCUT2D eigenvalue weighted by atomic mass is 9.95. The summed E-state index contributed by atoms with van der Waals surface area (Å²) in [7, 11) is -3.54. The Kier molecular flexibility index (Phi) is 6.20. The molecule has 0 aromatic heterocycles. The molecule has 1 aliphatic heterocycles. The van der Waals surface area contributed by atoms with Crippen LogP contribution < -0.4 is 5.32 Å². The van der Waals surface area contributed by atoms with Crippen molar-refractivity contribution in [1.82, 2.24) is 4.31 Å². The number of sulfonamides is 1. The van der Waals surface area contributed by atoms with Crippen LogP contribution in [0.15, 0.2) is 78.9 Å². The highest BCUT2D eigenvalue weighted by molar-refractivity contribution is 7.89. The first-order chi connectivity index (χ1) is 15.0. The molecule has 6 heteroatoms. The van der Waals surface area contributed by atoms with Gasteiger partial charge in [0.05, 0.1) is 5.75 Å². The first-order valence-electron chi connectivity index (χ1n) is 10.5. The second-order valence-electron chi connectivity index (χ2n) is 7.74. The molecule has 0 fully saturated rings. The number of para-hydroxylation sites is 1. The molecule has 0 bridgehead atoms. The van der Waals surface area contributed by atoms with Crippen LogP contribution in [0.4, 0.5) is 5.69 Å². The number of carbonyl (C=O) groups is 1. The largest absolute Gasteiger partial charge is 0.324 e. The number of anilines is 1. The van der Waals surface area contributed by atoms with Crippen LogP contribution in [0.3, 0.4) is 0 Å². The number of amides is 1. The van der Waals surface area contributed by atoms with Crippen molar-refractivity contribution in [2.75, 3.05) is 11.1 Å². The molecule has 5 nitrogen and oxygen atoms in total. The maximum atomic E-state index is 13.3. The van der Waals surface area contributed by atoms with Crippen molar-refractivity contribution in [1.29, 1.82) is 0 Å². The van der Waals surface area contributed by atoms with Crippen molar-refractivity contribution in [3.8, 4) is 0 Å². The fourth-order valence-corrected chi connectivity index (χ4v) is 5.23. The van der Waals surface area contributed by atoms with Crippen molar-refractivity contribution >= 4 is 21.6 Å². The van der Waals surface area contributed by atoms with E-state index in [0.717, 1.165) is 22.3 Å². The van der Waals surface area contributed by atoms with Gasteiger partial charge in [-0.05, 0) is 48.1 Å². The maximum Gasteiger partial charge on any atom is 0.243 e. The second-order valence-corrected chi connectivity index (χ2v) is 9.95. The van der Waals surface area contributed by atoms with E-state index in [2.05, 4.69) is 5.32 Å². The molecule has 1 atom stereocenters. The summed E-state index contributed by atoms with van der Waals surface area (Å²) < 4.78 is 26.9. The minimum Gasteiger partial charge on any atom is -0.324 e. The predicted octanol–water partition coefficient (Wildman–Crippen LogP) is 3.99. The van der Waals surface area contributed by atoms with Gasteiger partial charge in [0.15, 0.2) is 0 Å². The Bertz CT molecular complexity index is 1180. The highest BCUT2D eigenvalue weighted by Gasteiger charge is 2.38. The molecule has 1 unspecified atom stereocenters. The van der Waals surface area contributed by atoms with E-state index >= 15 is 0 Å². The zero-order valence-electron chi connectivity index (χ0n) is 17.5. The molecule has 160 valence electrons. The molecule has 1 aliphatic rings. The van der Waals surface area contributed by atoms with Crippen molar-refractivity contribution < 1.29 is 13.2 Å². The van der Waals surface area contributed by atoms with Crippen LogP contribution in [0, 0.1) is 0 Å². The second kappa shape index (κ2) is 9.04. The van der Waals surface area contributed by atoms with Gasteiger partial charge < -0.3 is 5.32 Å². The molecular formula is C25H26N2O3S.